The molecule has 2 rings (SSSR count). The summed E-state index contributed by atoms with van der Waals surface area (Å²) in [7, 11) is 1.56. The van der Waals surface area contributed by atoms with Crippen LogP contribution in [0, 0.1) is 0 Å². The maximum absolute atomic E-state index is 12.1. The summed E-state index contributed by atoms with van der Waals surface area (Å²) in [5.41, 5.74) is 1.24. The van der Waals surface area contributed by atoms with Crippen molar-refractivity contribution in [3.8, 4) is 11.5 Å². The zero-order valence-corrected chi connectivity index (χ0v) is 14.2. The third-order valence-electron chi connectivity index (χ3n) is 3.28. The molecule has 2 aromatic rings. The molecule has 0 radical (unpaired) electrons. The van der Waals surface area contributed by atoms with Crippen molar-refractivity contribution in [2.24, 2.45) is 0 Å². The lowest BCUT2D eigenvalue weighted by Gasteiger charge is -2.05. The number of hydrogen-bond acceptors (Lipinski definition) is 5. The molecule has 0 aliphatic rings. The van der Waals surface area contributed by atoms with Crippen molar-refractivity contribution in [2.75, 3.05) is 13.7 Å². The van der Waals surface area contributed by atoms with Gasteiger partial charge >= 0.3 is 11.9 Å². The van der Waals surface area contributed by atoms with E-state index in [0.717, 1.165) is 12.0 Å². The molecule has 5 heteroatoms. The Bertz CT molecular complexity index is 730. The van der Waals surface area contributed by atoms with Crippen molar-refractivity contribution in [3.63, 3.8) is 0 Å². The average Bonchev–Trinajstić information content (AvgIpc) is 2.65. The number of ether oxygens (including phenoxy) is 3. The molecular formula is C20H20O5. The van der Waals surface area contributed by atoms with Crippen LogP contribution in [-0.4, -0.2) is 25.7 Å². The van der Waals surface area contributed by atoms with Gasteiger partial charge in [0.2, 0.25) is 0 Å². The van der Waals surface area contributed by atoms with Gasteiger partial charge in [0.25, 0.3) is 0 Å². The van der Waals surface area contributed by atoms with Gasteiger partial charge < -0.3 is 14.2 Å². The highest BCUT2D eigenvalue weighted by Gasteiger charge is 2.08. The van der Waals surface area contributed by atoms with Gasteiger partial charge in [0.05, 0.1) is 19.3 Å². The summed E-state index contributed by atoms with van der Waals surface area (Å²) in [4.78, 5) is 23.5. The minimum Gasteiger partial charge on any atom is -0.497 e. The zero-order chi connectivity index (χ0) is 18.1. The van der Waals surface area contributed by atoms with Crippen LogP contribution in [0.5, 0.6) is 11.5 Å². The smallest absolute Gasteiger partial charge is 0.343 e. The lowest BCUT2D eigenvalue weighted by Crippen LogP contribution is -2.08. The fourth-order valence-corrected chi connectivity index (χ4v) is 1.96. The van der Waals surface area contributed by atoms with Crippen LogP contribution in [-0.2, 0) is 9.53 Å². The highest BCUT2D eigenvalue weighted by atomic mass is 16.5. The minimum absolute atomic E-state index is 0.378. The van der Waals surface area contributed by atoms with E-state index in [1.165, 1.54) is 6.08 Å². The van der Waals surface area contributed by atoms with Crippen LogP contribution in [0.2, 0.25) is 0 Å². The number of benzene rings is 2. The third-order valence-corrected chi connectivity index (χ3v) is 3.28. The molecule has 0 spiro atoms. The SMILES string of the molecule is CCCOC(=O)/C=C/c1ccc(OC(=O)c2ccc(OC)cc2)cc1. The third kappa shape index (κ3) is 5.80. The van der Waals surface area contributed by atoms with Crippen LogP contribution in [0.15, 0.2) is 54.6 Å². The fourth-order valence-electron chi connectivity index (χ4n) is 1.96. The van der Waals surface area contributed by atoms with Gasteiger partial charge in [-0.2, -0.15) is 0 Å². The molecule has 0 saturated carbocycles. The molecule has 25 heavy (non-hydrogen) atoms. The van der Waals surface area contributed by atoms with E-state index < -0.39 is 5.97 Å². The van der Waals surface area contributed by atoms with Crippen LogP contribution >= 0.6 is 0 Å². The normalized spacial score (nSPS) is 10.5. The maximum Gasteiger partial charge on any atom is 0.343 e. The standard InChI is InChI=1S/C20H20O5/c1-3-14-24-19(21)13-6-15-4-9-18(10-5-15)25-20(22)16-7-11-17(23-2)12-8-16/h4-13H,3,14H2,1-2H3/b13-6+. The minimum atomic E-state index is -0.450. The summed E-state index contributed by atoms with van der Waals surface area (Å²) in [6.45, 7) is 2.34. The first-order valence-electron chi connectivity index (χ1n) is 7.93. The molecule has 0 aliphatic carbocycles. The lowest BCUT2D eigenvalue weighted by atomic mass is 10.2. The molecule has 0 N–H and O–H groups in total. The van der Waals surface area contributed by atoms with Crippen molar-refractivity contribution in [1.29, 1.82) is 0 Å². The second kappa shape index (κ2) is 9.27. The van der Waals surface area contributed by atoms with Gasteiger partial charge in [-0.1, -0.05) is 19.1 Å². The van der Waals surface area contributed by atoms with E-state index in [9.17, 15) is 9.59 Å². The average molecular weight is 340 g/mol. The molecule has 0 aromatic heterocycles. The number of carbonyl (C=O) groups is 2. The van der Waals surface area contributed by atoms with E-state index in [-0.39, 0.29) is 5.97 Å². The van der Waals surface area contributed by atoms with E-state index in [1.807, 2.05) is 6.92 Å². The Morgan fingerprint density at radius 3 is 2.20 bits per heavy atom. The van der Waals surface area contributed by atoms with Gasteiger partial charge in [0, 0.05) is 6.08 Å². The number of rotatable bonds is 7. The molecule has 0 fully saturated rings. The second-order valence-electron chi connectivity index (χ2n) is 5.19. The fraction of sp³-hybridized carbons (Fsp3) is 0.200. The summed E-state index contributed by atoms with van der Waals surface area (Å²) >= 11 is 0. The molecule has 0 aliphatic heterocycles. The molecule has 0 amide bonds. The first-order chi connectivity index (χ1) is 12.1. The molecule has 0 heterocycles. The Balaban J connectivity index is 1.94. The predicted molar refractivity (Wildman–Crippen MR) is 94.7 cm³/mol. The summed E-state index contributed by atoms with van der Waals surface area (Å²) in [6.07, 6.45) is 3.80. The Morgan fingerprint density at radius 1 is 0.960 bits per heavy atom. The van der Waals surface area contributed by atoms with Crippen LogP contribution in [0.4, 0.5) is 0 Å². The molecule has 0 atom stereocenters. The molecule has 0 saturated heterocycles. The molecular weight excluding hydrogens is 320 g/mol. The summed E-state index contributed by atoms with van der Waals surface area (Å²) in [6, 6.07) is 13.5. The first-order valence-corrected chi connectivity index (χ1v) is 7.93. The Morgan fingerprint density at radius 2 is 1.60 bits per heavy atom. The summed E-state index contributed by atoms with van der Waals surface area (Å²) in [5.74, 6) is 0.266. The van der Waals surface area contributed by atoms with E-state index in [1.54, 1.807) is 61.7 Å². The number of carbonyl (C=O) groups excluding carboxylic acids is 2. The van der Waals surface area contributed by atoms with Crippen LogP contribution in [0.3, 0.4) is 0 Å². The molecule has 2 aromatic carbocycles. The quantitative estimate of drug-likeness (QED) is 0.435. The number of hydrogen-bond donors (Lipinski definition) is 0. The maximum atomic E-state index is 12.1. The van der Waals surface area contributed by atoms with Crippen LogP contribution in [0.1, 0.15) is 29.3 Å². The van der Waals surface area contributed by atoms with Crippen molar-refractivity contribution in [2.45, 2.75) is 13.3 Å². The molecule has 0 unspecified atom stereocenters. The largest absolute Gasteiger partial charge is 0.497 e. The van der Waals surface area contributed by atoms with E-state index >= 15 is 0 Å². The van der Waals surface area contributed by atoms with Crippen LogP contribution in [0.25, 0.3) is 6.08 Å². The number of methoxy groups -OCH3 is 1. The van der Waals surface area contributed by atoms with Gasteiger partial charge in [-0.05, 0) is 54.5 Å². The van der Waals surface area contributed by atoms with Crippen LogP contribution < -0.4 is 9.47 Å². The topological polar surface area (TPSA) is 61.8 Å². The van der Waals surface area contributed by atoms with E-state index in [4.69, 9.17) is 14.2 Å². The zero-order valence-electron chi connectivity index (χ0n) is 14.2. The highest BCUT2D eigenvalue weighted by molar-refractivity contribution is 5.91. The first kappa shape index (κ1) is 18.3. The van der Waals surface area contributed by atoms with Gasteiger partial charge in [-0.25, -0.2) is 9.59 Å². The second-order valence-corrected chi connectivity index (χ2v) is 5.19. The van der Waals surface area contributed by atoms with E-state index in [0.29, 0.717) is 23.7 Å². The Hall–Kier alpha value is -3.08. The van der Waals surface area contributed by atoms with Gasteiger partial charge in [0.1, 0.15) is 11.5 Å². The Labute approximate surface area is 146 Å². The van der Waals surface area contributed by atoms with Gasteiger partial charge in [0.15, 0.2) is 0 Å². The van der Waals surface area contributed by atoms with E-state index in [2.05, 4.69) is 0 Å². The lowest BCUT2D eigenvalue weighted by molar-refractivity contribution is -0.137. The van der Waals surface area contributed by atoms with Gasteiger partial charge in [-0.15, -0.1) is 0 Å². The van der Waals surface area contributed by atoms with Gasteiger partial charge in [-0.3, -0.25) is 0 Å². The molecule has 0 bridgehead atoms. The summed E-state index contributed by atoms with van der Waals surface area (Å²) in [5, 5.41) is 0. The predicted octanol–water partition coefficient (Wildman–Crippen LogP) is 3.88. The Kier molecular flexibility index (Phi) is 6.77. The highest BCUT2D eigenvalue weighted by Crippen LogP contribution is 2.17. The molecule has 130 valence electrons. The van der Waals surface area contributed by atoms with Crippen molar-refractivity contribution >= 4 is 18.0 Å². The van der Waals surface area contributed by atoms with Crippen molar-refractivity contribution in [3.05, 3.63) is 65.7 Å². The summed E-state index contributed by atoms with van der Waals surface area (Å²) < 4.78 is 15.3. The molecule has 5 nitrogen and oxygen atoms in total. The number of esters is 2. The van der Waals surface area contributed by atoms with Crippen molar-refractivity contribution in [1.82, 2.24) is 0 Å². The van der Waals surface area contributed by atoms with Crippen molar-refractivity contribution < 1.29 is 23.8 Å². The monoisotopic (exact) mass is 340 g/mol.